The predicted molar refractivity (Wildman–Crippen MR) is 101 cm³/mol. The van der Waals surface area contributed by atoms with Crippen molar-refractivity contribution < 1.29 is 18.4 Å². The fourth-order valence-corrected chi connectivity index (χ4v) is 2.75. The molecule has 6 heteroatoms. The minimum absolute atomic E-state index is 0.249. The van der Waals surface area contributed by atoms with Gasteiger partial charge in [0.05, 0.1) is 6.04 Å². The van der Waals surface area contributed by atoms with Crippen LogP contribution in [-0.2, 0) is 6.42 Å². The number of benzene rings is 1. The first-order chi connectivity index (χ1) is 13.0. The smallest absolute Gasteiger partial charge is 0.287 e. The van der Waals surface area contributed by atoms with Gasteiger partial charge in [-0.05, 0) is 50.1 Å². The second-order valence-electron chi connectivity index (χ2n) is 6.39. The number of rotatable bonds is 7. The molecule has 0 saturated carbocycles. The van der Waals surface area contributed by atoms with Crippen molar-refractivity contribution in [3.05, 3.63) is 83.2 Å². The summed E-state index contributed by atoms with van der Waals surface area (Å²) in [5.74, 6) is 1.21. The number of nitrogens with one attached hydrogen (secondary N) is 2. The Morgan fingerprint density at radius 1 is 0.852 bits per heavy atom. The van der Waals surface area contributed by atoms with E-state index in [0.29, 0.717) is 17.9 Å². The highest BCUT2D eigenvalue weighted by Crippen LogP contribution is 2.09. The van der Waals surface area contributed by atoms with Gasteiger partial charge in [-0.3, -0.25) is 9.59 Å². The largest absolute Gasteiger partial charge is 0.456 e. The standard InChI is InChI=1S/C21H22N2O4/c1-14-8-10-18(26-14)20(24)22-13-17(12-16-6-4-3-5-7-16)23-21(25)19-11-9-15(2)27-19/h3-11,17H,12-13H2,1-2H3,(H,22,24)(H,23,25). The predicted octanol–water partition coefficient (Wildman–Crippen LogP) is 3.26. The summed E-state index contributed by atoms with van der Waals surface area (Å²) in [6.07, 6.45) is 0.573. The summed E-state index contributed by atoms with van der Waals surface area (Å²) in [5, 5.41) is 5.75. The molecule has 2 heterocycles. The van der Waals surface area contributed by atoms with Crippen LogP contribution in [0.2, 0.25) is 0 Å². The maximum Gasteiger partial charge on any atom is 0.287 e. The van der Waals surface area contributed by atoms with Gasteiger partial charge >= 0.3 is 0 Å². The zero-order valence-electron chi connectivity index (χ0n) is 15.3. The zero-order valence-corrected chi connectivity index (χ0v) is 15.3. The summed E-state index contributed by atoms with van der Waals surface area (Å²) in [6, 6.07) is 16.2. The average molecular weight is 366 g/mol. The van der Waals surface area contributed by atoms with Crippen LogP contribution in [0.4, 0.5) is 0 Å². The van der Waals surface area contributed by atoms with Crippen molar-refractivity contribution in [2.45, 2.75) is 26.3 Å². The molecule has 0 aliphatic carbocycles. The molecule has 2 aromatic heterocycles. The summed E-state index contributed by atoms with van der Waals surface area (Å²) >= 11 is 0. The van der Waals surface area contributed by atoms with Crippen molar-refractivity contribution in [3.63, 3.8) is 0 Å². The van der Waals surface area contributed by atoms with Crippen LogP contribution in [0, 0.1) is 13.8 Å². The van der Waals surface area contributed by atoms with Gasteiger partial charge in [0.25, 0.3) is 11.8 Å². The first-order valence-electron chi connectivity index (χ1n) is 8.77. The minimum Gasteiger partial charge on any atom is -0.456 e. The lowest BCUT2D eigenvalue weighted by Crippen LogP contribution is -2.44. The van der Waals surface area contributed by atoms with E-state index < -0.39 is 0 Å². The molecule has 0 radical (unpaired) electrons. The molecule has 0 aliphatic rings. The Hall–Kier alpha value is -3.28. The Bertz CT molecular complexity index is 911. The van der Waals surface area contributed by atoms with Crippen LogP contribution in [0.3, 0.4) is 0 Å². The van der Waals surface area contributed by atoms with Crippen molar-refractivity contribution in [1.82, 2.24) is 10.6 Å². The van der Waals surface area contributed by atoms with Crippen LogP contribution in [0.25, 0.3) is 0 Å². The van der Waals surface area contributed by atoms with E-state index in [1.54, 1.807) is 38.1 Å². The first-order valence-corrected chi connectivity index (χ1v) is 8.77. The molecule has 2 amide bonds. The van der Waals surface area contributed by atoms with Crippen LogP contribution in [0.5, 0.6) is 0 Å². The van der Waals surface area contributed by atoms with Crippen molar-refractivity contribution in [1.29, 1.82) is 0 Å². The quantitative estimate of drug-likeness (QED) is 0.672. The Balaban J connectivity index is 1.67. The van der Waals surface area contributed by atoms with E-state index in [2.05, 4.69) is 10.6 Å². The Kier molecular flexibility index (Phi) is 5.76. The molecule has 0 aliphatic heterocycles. The lowest BCUT2D eigenvalue weighted by atomic mass is 10.1. The highest BCUT2D eigenvalue weighted by molar-refractivity contribution is 5.92. The fraction of sp³-hybridized carbons (Fsp3) is 0.238. The van der Waals surface area contributed by atoms with E-state index in [4.69, 9.17) is 8.83 Å². The van der Waals surface area contributed by atoms with E-state index in [0.717, 1.165) is 5.56 Å². The lowest BCUT2D eigenvalue weighted by Gasteiger charge is -2.19. The third-order valence-corrected chi connectivity index (χ3v) is 4.10. The van der Waals surface area contributed by atoms with Gasteiger partial charge < -0.3 is 19.5 Å². The summed E-state index contributed by atoms with van der Waals surface area (Å²) < 4.78 is 10.7. The third kappa shape index (κ3) is 5.10. The zero-order chi connectivity index (χ0) is 19.2. The maximum absolute atomic E-state index is 12.4. The Morgan fingerprint density at radius 2 is 1.44 bits per heavy atom. The highest BCUT2D eigenvalue weighted by Gasteiger charge is 2.19. The van der Waals surface area contributed by atoms with Gasteiger partial charge in [-0.25, -0.2) is 0 Å². The third-order valence-electron chi connectivity index (χ3n) is 4.10. The molecular formula is C21H22N2O4. The molecule has 1 atom stereocenters. The van der Waals surface area contributed by atoms with E-state index in [-0.39, 0.29) is 35.9 Å². The molecule has 0 spiro atoms. The highest BCUT2D eigenvalue weighted by atomic mass is 16.4. The number of aryl methyl sites for hydroxylation is 2. The molecule has 27 heavy (non-hydrogen) atoms. The molecular weight excluding hydrogens is 344 g/mol. The minimum atomic E-state index is -0.316. The number of hydrogen-bond donors (Lipinski definition) is 2. The number of hydrogen-bond acceptors (Lipinski definition) is 4. The summed E-state index contributed by atoms with van der Waals surface area (Å²) in [6.45, 7) is 3.82. The van der Waals surface area contributed by atoms with Crippen molar-refractivity contribution >= 4 is 11.8 Å². The van der Waals surface area contributed by atoms with Crippen LogP contribution >= 0.6 is 0 Å². The molecule has 6 nitrogen and oxygen atoms in total. The van der Waals surface area contributed by atoms with Gasteiger partial charge in [0, 0.05) is 6.54 Å². The first kappa shape index (κ1) is 18.5. The Morgan fingerprint density at radius 3 is 2.00 bits per heavy atom. The van der Waals surface area contributed by atoms with Gasteiger partial charge in [-0.1, -0.05) is 30.3 Å². The molecule has 1 aromatic carbocycles. The van der Waals surface area contributed by atoms with E-state index in [1.807, 2.05) is 30.3 Å². The molecule has 3 aromatic rings. The molecule has 1 unspecified atom stereocenters. The normalized spacial score (nSPS) is 11.8. The van der Waals surface area contributed by atoms with E-state index in [1.165, 1.54) is 0 Å². The van der Waals surface area contributed by atoms with Crippen molar-refractivity contribution in [2.75, 3.05) is 6.54 Å². The number of furan rings is 2. The van der Waals surface area contributed by atoms with E-state index in [9.17, 15) is 9.59 Å². The molecule has 0 bridgehead atoms. The van der Waals surface area contributed by atoms with Crippen LogP contribution in [0.15, 0.2) is 63.4 Å². The summed E-state index contributed by atoms with van der Waals surface area (Å²) in [7, 11) is 0. The van der Waals surface area contributed by atoms with Gasteiger partial charge in [0.2, 0.25) is 0 Å². The lowest BCUT2D eigenvalue weighted by molar-refractivity contribution is 0.0879. The molecule has 0 saturated heterocycles. The second-order valence-corrected chi connectivity index (χ2v) is 6.39. The molecule has 2 N–H and O–H groups in total. The van der Waals surface area contributed by atoms with Gasteiger partial charge in [-0.15, -0.1) is 0 Å². The monoisotopic (exact) mass is 366 g/mol. The summed E-state index contributed by atoms with van der Waals surface area (Å²) in [4.78, 5) is 24.7. The van der Waals surface area contributed by atoms with Gasteiger partial charge in [-0.2, -0.15) is 0 Å². The van der Waals surface area contributed by atoms with Crippen LogP contribution in [-0.4, -0.2) is 24.4 Å². The number of carbonyl (C=O) groups excluding carboxylic acids is 2. The summed E-state index contributed by atoms with van der Waals surface area (Å²) in [5.41, 5.74) is 1.06. The fourth-order valence-electron chi connectivity index (χ4n) is 2.75. The van der Waals surface area contributed by atoms with Gasteiger partial charge in [0.1, 0.15) is 11.5 Å². The van der Waals surface area contributed by atoms with Gasteiger partial charge in [0.15, 0.2) is 11.5 Å². The molecule has 3 rings (SSSR count). The topological polar surface area (TPSA) is 84.5 Å². The number of amides is 2. The van der Waals surface area contributed by atoms with Crippen LogP contribution < -0.4 is 10.6 Å². The van der Waals surface area contributed by atoms with Crippen LogP contribution in [0.1, 0.15) is 38.2 Å². The SMILES string of the molecule is Cc1ccc(C(=O)NCC(Cc2ccccc2)NC(=O)c2ccc(C)o2)o1. The molecule has 0 fully saturated rings. The second kappa shape index (κ2) is 8.40. The van der Waals surface area contributed by atoms with Crippen molar-refractivity contribution in [3.8, 4) is 0 Å². The molecule has 140 valence electrons. The average Bonchev–Trinajstić information content (AvgIpc) is 3.29. The van der Waals surface area contributed by atoms with E-state index >= 15 is 0 Å². The maximum atomic E-state index is 12.4. The number of carbonyl (C=O) groups is 2. The Labute approximate surface area is 157 Å². The van der Waals surface area contributed by atoms with Crippen molar-refractivity contribution in [2.24, 2.45) is 0 Å².